The number of carbonyl (C=O) groups excluding carboxylic acids is 1. The van der Waals surface area contributed by atoms with Gasteiger partial charge in [-0.25, -0.2) is 9.55 Å². The third-order valence-corrected chi connectivity index (χ3v) is 10.3. The van der Waals surface area contributed by atoms with Crippen molar-refractivity contribution in [1.29, 1.82) is 0 Å². The van der Waals surface area contributed by atoms with E-state index in [1.165, 1.54) is 24.9 Å². The van der Waals surface area contributed by atoms with Crippen LogP contribution in [0.4, 0.5) is 5.95 Å². The molecular formula is C32H41N6O9P. The fourth-order valence-corrected chi connectivity index (χ4v) is 7.84. The minimum absolute atomic E-state index is 0.0945. The SMILES string of the molecule is COc1nc(N)nc2c1ncn2C1OC(COP(=O)(NC(C(=O)OC2CCCC2)C(C)C)Oc2cccc3ccccc23)C(O)C1(C)O. The van der Waals surface area contributed by atoms with Crippen molar-refractivity contribution < 1.29 is 42.8 Å². The number of hydrogen-bond donors (Lipinski definition) is 4. The van der Waals surface area contributed by atoms with Crippen molar-refractivity contribution in [2.24, 2.45) is 5.92 Å². The number of imidazole rings is 1. The molecule has 0 bridgehead atoms. The zero-order valence-corrected chi connectivity index (χ0v) is 28.1. The number of aromatic nitrogens is 4. The zero-order chi connectivity index (χ0) is 34.2. The smallest absolute Gasteiger partial charge is 0.459 e. The Balaban J connectivity index is 1.28. The normalized spacial score (nSPS) is 25.0. The fraction of sp³-hybridized carbons (Fsp3) is 0.500. The van der Waals surface area contributed by atoms with Gasteiger partial charge in [0.25, 0.3) is 0 Å². The summed E-state index contributed by atoms with van der Waals surface area (Å²) in [6.45, 7) is 4.47. The van der Waals surface area contributed by atoms with Gasteiger partial charge in [0, 0.05) is 5.39 Å². The zero-order valence-electron chi connectivity index (χ0n) is 27.2. The second-order valence-electron chi connectivity index (χ2n) is 12.7. The van der Waals surface area contributed by atoms with Crippen LogP contribution in [0.25, 0.3) is 21.9 Å². The summed E-state index contributed by atoms with van der Waals surface area (Å²) in [5, 5.41) is 27.1. The van der Waals surface area contributed by atoms with Gasteiger partial charge in [0.05, 0.1) is 20.0 Å². The standard InChI is InChI=1S/C32H41N6O9P/c1-18(2)24(29(40)45-20-12-6-7-13-20)37-48(42,47-22-15-9-11-19-10-5-8-14-21(19)22)44-16-23-26(39)32(3,41)30(46-23)38-17-34-25-27(38)35-31(33)36-28(25)43-4/h5,8-11,14-15,17-18,20,23-24,26,30,39,41H,6-7,12-13,16H2,1-4H3,(H,37,42)(H2,33,35,36). The third-order valence-electron chi connectivity index (χ3n) is 8.79. The average molecular weight is 685 g/mol. The molecule has 5 N–H and O–H groups in total. The molecule has 0 spiro atoms. The van der Waals surface area contributed by atoms with Gasteiger partial charge in [-0.2, -0.15) is 15.1 Å². The van der Waals surface area contributed by atoms with E-state index in [1.807, 2.05) is 30.3 Å². The van der Waals surface area contributed by atoms with E-state index in [-0.39, 0.29) is 40.8 Å². The summed E-state index contributed by atoms with van der Waals surface area (Å²) in [6, 6.07) is 11.6. The Morgan fingerprint density at radius 3 is 2.65 bits per heavy atom. The van der Waals surface area contributed by atoms with Gasteiger partial charge in [-0.3, -0.25) is 13.9 Å². The van der Waals surface area contributed by atoms with Gasteiger partial charge in [0.15, 0.2) is 17.4 Å². The van der Waals surface area contributed by atoms with Crippen LogP contribution in [0, 0.1) is 5.92 Å². The lowest BCUT2D eigenvalue weighted by Gasteiger charge is -2.29. The van der Waals surface area contributed by atoms with Crippen LogP contribution in [-0.4, -0.2) is 79.4 Å². The van der Waals surface area contributed by atoms with Crippen molar-refractivity contribution in [2.45, 2.75) is 82.6 Å². The minimum atomic E-state index is -4.41. The number of nitrogens with one attached hydrogen (secondary N) is 1. The third kappa shape index (κ3) is 6.71. The highest BCUT2D eigenvalue weighted by Gasteiger charge is 2.54. The number of rotatable bonds is 12. The number of hydrogen-bond acceptors (Lipinski definition) is 13. The molecule has 2 aromatic carbocycles. The molecule has 16 heteroatoms. The van der Waals surface area contributed by atoms with E-state index in [4.69, 9.17) is 29.0 Å². The average Bonchev–Trinajstić information content (AvgIpc) is 3.77. The predicted octanol–water partition coefficient (Wildman–Crippen LogP) is 3.88. The van der Waals surface area contributed by atoms with E-state index in [1.54, 1.807) is 26.0 Å². The van der Waals surface area contributed by atoms with Crippen LogP contribution in [0.5, 0.6) is 11.6 Å². The number of ether oxygens (including phenoxy) is 3. The van der Waals surface area contributed by atoms with Gasteiger partial charge < -0.3 is 34.7 Å². The first-order valence-corrected chi connectivity index (χ1v) is 17.4. The second kappa shape index (κ2) is 13.6. The lowest BCUT2D eigenvalue weighted by molar-refractivity contribution is -0.152. The largest absolute Gasteiger partial charge is 0.479 e. The van der Waals surface area contributed by atoms with Gasteiger partial charge in [-0.1, -0.05) is 50.2 Å². The summed E-state index contributed by atoms with van der Waals surface area (Å²) >= 11 is 0. The Labute approximate surface area is 277 Å². The van der Waals surface area contributed by atoms with Gasteiger partial charge in [0.1, 0.15) is 35.7 Å². The lowest BCUT2D eigenvalue weighted by Crippen LogP contribution is -2.45. The number of fused-ring (bicyclic) bond motifs is 2. The van der Waals surface area contributed by atoms with Crippen molar-refractivity contribution in [1.82, 2.24) is 24.6 Å². The van der Waals surface area contributed by atoms with Crippen LogP contribution < -0.4 is 20.1 Å². The molecule has 1 saturated carbocycles. The molecule has 0 amide bonds. The number of aliphatic hydroxyl groups is 2. The number of methoxy groups -OCH3 is 1. The number of aliphatic hydroxyl groups excluding tert-OH is 1. The summed E-state index contributed by atoms with van der Waals surface area (Å²) in [7, 11) is -3.00. The van der Waals surface area contributed by atoms with E-state index < -0.39 is 50.4 Å². The summed E-state index contributed by atoms with van der Waals surface area (Å²) in [5.41, 5.74) is 4.44. The molecule has 48 heavy (non-hydrogen) atoms. The molecule has 6 unspecified atom stereocenters. The Morgan fingerprint density at radius 1 is 1.19 bits per heavy atom. The number of esters is 1. The van der Waals surface area contributed by atoms with Crippen molar-refractivity contribution in [2.75, 3.05) is 19.5 Å². The first-order chi connectivity index (χ1) is 22.9. The van der Waals surface area contributed by atoms with Crippen LogP contribution in [0.2, 0.25) is 0 Å². The van der Waals surface area contributed by atoms with Crippen LogP contribution in [0.15, 0.2) is 48.8 Å². The molecule has 1 saturated heterocycles. The quantitative estimate of drug-likeness (QED) is 0.124. The topological polar surface area (TPSA) is 202 Å². The van der Waals surface area contributed by atoms with Crippen molar-refractivity contribution in [3.63, 3.8) is 0 Å². The highest BCUT2D eigenvalue weighted by molar-refractivity contribution is 7.52. The molecule has 2 aliphatic rings. The first-order valence-electron chi connectivity index (χ1n) is 15.9. The number of anilines is 1. The summed E-state index contributed by atoms with van der Waals surface area (Å²) in [5.74, 6) is -0.636. The molecule has 1 aliphatic heterocycles. The molecule has 258 valence electrons. The van der Waals surface area contributed by atoms with E-state index in [9.17, 15) is 19.6 Å². The van der Waals surface area contributed by atoms with Crippen LogP contribution >= 0.6 is 7.75 Å². The van der Waals surface area contributed by atoms with Crippen LogP contribution in [0.3, 0.4) is 0 Å². The summed E-state index contributed by atoms with van der Waals surface area (Å²) in [6.07, 6.45) is 0.678. The molecule has 6 rings (SSSR count). The van der Waals surface area contributed by atoms with Crippen molar-refractivity contribution >= 4 is 41.6 Å². The van der Waals surface area contributed by atoms with E-state index >= 15 is 0 Å². The monoisotopic (exact) mass is 684 g/mol. The van der Waals surface area contributed by atoms with E-state index in [2.05, 4.69) is 20.0 Å². The molecular weight excluding hydrogens is 643 g/mol. The summed E-state index contributed by atoms with van der Waals surface area (Å²) < 4.78 is 45.3. The van der Waals surface area contributed by atoms with Crippen LogP contribution in [-0.2, 0) is 23.4 Å². The fourth-order valence-electron chi connectivity index (χ4n) is 6.15. The molecule has 6 atom stereocenters. The van der Waals surface area contributed by atoms with Crippen molar-refractivity contribution in [3.05, 3.63) is 48.8 Å². The summed E-state index contributed by atoms with van der Waals surface area (Å²) in [4.78, 5) is 25.9. The molecule has 1 aliphatic carbocycles. The Kier molecular flexibility index (Phi) is 9.62. The molecule has 4 aromatic rings. The Morgan fingerprint density at radius 2 is 1.92 bits per heavy atom. The first kappa shape index (κ1) is 34.0. The Hall–Kier alpha value is -3.85. The Bertz CT molecular complexity index is 1820. The second-order valence-corrected chi connectivity index (χ2v) is 14.4. The maximum Gasteiger partial charge on any atom is 0.459 e. The molecule has 15 nitrogen and oxygen atoms in total. The maximum absolute atomic E-state index is 14.7. The number of nitrogens with two attached hydrogens (primary N) is 1. The van der Waals surface area contributed by atoms with Gasteiger partial charge in [-0.05, 0) is 50.0 Å². The molecule has 2 aromatic heterocycles. The highest BCUT2D eigenvalue weighted by atomic mass is 31.2. The van der Waals surface area contributed by atoms with Gasteiger partial charge >= 0.3 is 13.7 Å². The van der Waals surface area contributed by atoms with Gasteiger partial charge in [0.2, 0.25) is 11.8 Å². The van der Waals surface area contributed by atoms with E-state index in [0.717, 1.165) is 31.1 Å². The van der Waals surface area contributed by atoms with Crippen LogP contribution in [0.1, 0.15) is 52.7 Å². The highest BCUT2D eigenvalue weighted by Crippen LogP contribution is 2.49. The maximum atomic E-state index is 14.7. The number of nitrogens with zero attached hydrogens (tertiary/aromatic N) is 4. The van der Waals surface area contributed by atoms with Crippen molar-refractivity contribution in [3.8, 4) is 11.6 Å². The predicted molar refractivity (Wildman–Crippen MR) is 175 cm³/mol. The van der Waals surface area contributed by atoms with E-state index in [0.29, 0.717) is 5.39 Å². The number of carbonyl (C=O) groups is 1. The lowest BCUT2D eigenvalue weighted by atomic mass is 9.96. The molecule has 3 heterocycles. The minimum Gasteiger partial charge on any atom is -0.479 e. The number of nitrogen functional groups attached to an aromatic ring is 1. The van der Waals surface area contributed by atoms with Gasteiger partial charge in [-0.15, -0.1) is 0 Å². The number of benzene rings is 2. The molecule has 0 radical (unpaired) electrons. The molecule has 2 fully saturated rings.